The molecule has 34 nitrogen and oxygen atoms in total. The Labute approximate surface area is 640 Å². The molecule has 4 aliphatic heterocycles. The zero-order valence-electron chi connectivity index (χ0n) is 61.5. The van der Waals surface area contributed by atoms with Crippen LogP contribution in [0.1, 0.15) is 108 Å². The Morgan fingerprint density at radius 1 is 0.417 bits per heavy atom. The maximum atomic E-state index is 12.4. The number of H-pyrrole nitrogens is 4. The Morgan fingerprint density at radius 3 is 1.06 bits per heavy atom. The van der Waals surface area contributed by atoms with Crippen molar-refractivity contribution in [2.45, 2.75) is 78.6 Å². The van der Waals surface area contributed by atoms with Gasteiger partial charge in [-0.25, -0.2) is 19.2 Å². The molecule has 13 rings (SSSR count). The molecule has 4 aromatic heterocycles. The minimum Gasteiger partial charge on any atom is -0.478 e. The molecule has 4 aliphatic rings. The van der Waals surface area contributed by atoms with Gasteiger partial charge in [0.1, 0.15) is 61.9 Å². The second-order valence-corrected chi connectivity index (χ2v) is 28.5. The molecule has 0 saturated carbocycles. The normalized spacial score (nSPS) is 15.2. The number of aromatic amines is 4. The summed E-state index contributed by atoms with van der Waals surface area (Å²) in [5.74, 6) is -1.29. The lowest BCUT2D eigenvalue weighted by Crippen LogP contribution is -2.51. The summed E-state index contributed by atoms with van der Waals surface area (Å²) in [6, 6.07) is 25.4. The smallest absolute Gasteiger partial charge is 0.410 e. The number of nitrogens with two attached hydrogens (primary N) is 1. The quantitative estimate of drug-likeness (QED) is 0.0417. The molecule has 9 aromatic rings. The van der Waals surface area contributed by atoms with Crippen molar-refractivity contribution in [2.75, 3.05) is 144 Å². The standard InChI is InChI=1S/C21H22Cl2N6O3.C18H26N6O3.C14H19N5O.C11H23N3O2.C7H5N3O2.ClH/c22-16-9-14(10-17(23)12-16)13-32-21(31)29-7-5-28(6-8-29)4-3-24-20(30)15-1-2-18-19(11-15)26-27-25-18;1-18(2,3)27-17(26)24-10-8-23(9-11-24)7-6-19-16(25)13-4-5-14-15(12-13)21-22-20-14;20-14(15-6-9-19-7-2-1-3-8-19)11-4-5-12-13(10-11)17-18-16-12;1-11(2,3)16-10(15)14-8-6-13(5-4-12)7-9-14;11-7(12)4-1-2-5-6(3-4)9-10-8-5;/h1-2,9-12H,3-8,13H2,(H,24,30)(H,25,26,27);4-5,12H,6-11H2,1-3H3,(H,19,25)(H,20,21,22);4-5,10H,1-3,6-9H2,(H,15,20)(H,16,17,18);4-9,12H2,1-3H3;1-3H,(H,11,12)(H,8,9,10);1H. The van der Waals surface area contributed by atoms with E-state index in [9.17, 15) is 33.6 Å². The van der Waals surface area contributed by atoms with Crippen LogP contribution in [0.2, 0.25) is 10.0 Å². The van der Waals surface area contributed by atoms with Crippen molar-refractivity contribution < 1.29 is 52.9 Å². The molecule has 5 aromatic carbocycles. The molecule has 0 aliphatic carbocycles. The summed E-state index contributed by atoms with van der Waals surface area (Å²) in [5, 5.41) is 59.9. The second kappa shape index (κ2) is 40.9. The lowest BCUT2D eigenvalue weighted by atomic mass is 10.1. The molecule has 0 unspecified atom stereocenters. The van der Waals surface area contributed by atoms with Crippen molar-refractivity contribution in [3.63, 3.8) is 0 Å². The fourth-order valence-corrected chi connectivity index (χ4v) is 12.2. The van der Waals surface area contributed by atoms with E-state index in [-0.39, 0.29) is 60.6 Å². The van der Waals surface area contributed by atoms with Crippen LogP contribution in [0.4, 0.5) is 14.4 Å². The summed E-state index contributed by atoms with van der Waals surface area (Å²) in [7, 11) is 0. The third-order valence-corrected chi connectivity index (χ3v) is 17.7. The molecule has 6 amide bonds. The maximum absolute atomic E-state index is 12.4. The lowest BCUT2D eigenvalue weighted by Gasteiger charge is -2.35. The molecule has 0 bridgehead atoms. The lowest BCUT2D eigenvalue weighted by molar-refractivity contribution is 0.0137. The summed E-state index contributed by atoms with van der Waals surface area (Å²) >= 11 is 11.9. The number of carbonyl (C=O) groups excluding carboxylic acids is 6. The van der Waals surface area contributed by atoms with Crippen molar-refractivity contribution in [3.05, 3.63) is 129 Å². The monoisotopic (exact) mass is 1550 g/mol. The van der Waals surface area contributed by atoms with Crippen LogP contribution in [-0.4, -0.2) is 298 Å². The highest BCUT2D eigenvalue weighted by molar-refractivity contribution is 6.34. The average molecular weight is 1550 g/mol. The maximum Gasteiger partial charge on any atom is 0.410 e. The van der Waals surface area contributed by atoms with Crippen molar-refractivity contribution >= 4 is 122 Å². The Morgan fingerprint density at radius 2 is 0.722 bits per heavy atom. The predicted molar refractivity (Wildman–Crippen MR) is 409 cm³/mol. The molecule has 4 fully saturated rings. The fourth-order valence-electron chi connectivity index (χ4n) is 11.6. The molecule has 10 N–H and O–H groups in total. The summed E-state index contributed by atoms with van der Waals surface area (Å²) in [4.78, 5) is 97.6. The van der Waals surface area contributed by atoms with Crippen LogP contribution in [0, 0.1) is 0 Å². The molecular formula is C71H96Cl3N23O11. The number of carboxylic acids is 1. The van der Waals surface area contributed by atoms with Crippen molar-refractivity contribution in [2.24, 2.45) is 5.73 Å². The largest absolute Gasteiger partial charge is 0.478 e. The molecule has 0 spiro atoms. The van der Waals surface area contributed by atoms with E-state index in [4.69, 9.17) is 48.3 Å². The Kier molecular flexibility index (Phi) is 31.7. The number of nitrogens with one attached hydrogen (secondary N) is 7. The number of piperazine rings is 3. The van der Waals surface area contributed by atoms with E-state index in [1.807, 2.05) is 41.5 Å². The van der Waals surface area contributed by atoms with Crippen LogP contribution >= 0.6 is 35.6 Å². The number of halogens is 3. The van der Waals surface area contributed by atoms with Gasteiger partial charge in [0.15, 0.2) is 0 Å². The zero-order chi connectivity index (χ0) is 76.5. The van der Waals surface area contributed by atoms with Gasteiger partial charge in [-0.2, -0.15) is 61.6 Å². The number of rotatable bonds is 17. The number of aromatic nitrogens is 12. The first kappa shape index (κ1) is 83.7. The van der Waals surface area contributed by atoms with Crippen LogP contribution in [-0.2, 0) is 20.8 Å². The van der Waals surface area contributed by atoms with E-state index >= 15 is 0 Å². The van der Waals surface area contributed by atoms with E-state index in [0.29, 0.717) is 132 Å². The molecule has 582 valence electrons. The SMILES string of the molecule is CC(C)(C)OC(=O)N1CCN(CCN)CC1.CC(C)(C)OC(=O)N1CCN(CCNC(=O)c2ccc3n[nH]nc3c2)CC1.Cl.O=C(NCCN1CCCCC1)c1ccc2n[nH]nc2c1.O=C(NCCN1CCN(C(=O)OCc2cc(Cl)cc(Cl)c2)CC1)c1ccc2n[nH]nc2c1.O=C(O)c1ccc2n[nH]nc2c1. The van der Waals surface area contributed by atoms with Gasteiger partial charge in [0.2, 0.25) is 0 Å². The number of ether oxygens (including phenoxy) is 3. The third-order valence-electron chi connectivity index (χ3n) is 17.3. The molecule has 37 heteroatoms. The molecule has 8 heterocycles. The minimum absolute atomic E-state index is 0. The van der Waals surface area contributed by atoms with Crippen molar-refractivity contribution in [3.8, 4) is 0 Å². The van der Waals surface area contributed by atoms with Crippen LogP contribution in [0.3, 0.4) is 0 Å². The van der Waals surface area contributed by atoms with Gasteiger partial charge in [-0.3, -0.25) is 29.1 Å². The Balaban J connectivity index is 0.000000176. The van der Waals surface area contributed by atoms with Gasteiger partial charge >= 0.3 is 24.2 Å². The number of nitrogens with zero attached hydrogens (tertiary/aromatic N) is 15. The topological polar surface area (TPSA) is 418 Å². The average Bonchev–Trinajstić information content (AvgIpc) is 1.73. The van der Waals surface area contributed by atoms with Gasteiger partial charge in [-0.05, 0) is 164 Å². The highest BCUT2D eigenvalue weighted by atomic mass is 35.5. The molecule has 0 radical (unpaired) electrons. The van der Waals surface area contributed by atoms with Gasteiger partial charge in [0.25, 0.3) is 17.7 Å². The number of amides is 6. The van der Waals surface area contributed by atoms with Crippen molar-refractivity contribution in [1.82, 2.24) is 112 Å². The van der Waals surface area contributed by atoms with Crippen LogP contribution in [0.15, 0.2) is 91.0 Å². The van der Waals surface area contributed by atoms with Gasteiger partial charge in [0.05, 0.1) is 5.56 Å². The Bertz CT molecular complexity index is 4380. The van der Waals surface area contributed by atoms with Crippen LogP contribution in [0.5, 0.6) is 0 Å². The number of benzene rings is 5. The number of piperidine rings is 1. The third kappa shape index (κ3) is 26.8. The van der Waals surface area contributed by atoms with E-state index in [0.717, 1.165) is 88.6 Å². The van der Waals surface area contributed by atoms with E-state index in [1.54, 1.807) is 93.6 Å². The molecule has 108 heavy (non-hydrogen) atoms. The number of hydrogen-bond donors (Lipinski definition) is 9. The van der Waals surface area contributed by atoms with Crippen molar-refractivity contribution in [1.29, 1.82) is 0 Å². The zero-order valence-corrected chi connectivity index (χ0v) is 63.9. The first-order chi connectivity index (χ1) is 51.3. The summed E-state index contributed by atoms with van der Waals surface area (Å²) in [5.41, 5.74) is 12.8. The van der Waals surface area contributed by atoms with Gasteiger partial charge in [0, 0.05) is 158 Å². The number of carboxylic acid groups (broad SMARTS) is 1. The number of aromatic carboxylic acids is 1. The van der Waals surface area contributed by atoms with Gasteiger partial charge in [-0.15, -0.1) is 12.4 Å². The summed E-state index contributed by atoms with van der Waals surface area (Å²) in [6.07, 6.45) is 3.05. The highest BCUT2D eigenvalue weighted by Crippen LogP contribution is 2.22. The summed E-state index contributed by atoms with van der Waals surface area (Å²) < 4.78 is 16.1. The number of fused-ring (bicyclic) bond motifs is 4. The Hall–Kier alpha value is -9.94. The molecule has 0 atom stereocenters. The number of hydrogen-bond acceptors (Lipinski definition) is 23. The van der Waals surface area contributed by atoms with Crippen LogP contribution in [0.25, 0.3) is 44.1 Å². The first-order valence-electron chi connectivity index (χ1n) is 35.5. The van der Waals surface area contributed by atoms with E-state index < -0.39 is 17.2 Å². The second-order valence-electron chi connectivity index (χ2n) is 27.7. The van der Waals surface area contributed by atoms with E-state index in [1.165, 1.54) is 31.4 Å². The first-order valence-corrected chi connectivity index (χ1v) is 36.3. The van der Waals surface area contributed by atoms with Gasteiger partial charge < -0.3 is 60.6 Å². The van der Waals surface area contributed by atoms with Crippen LogP contribution < -0.4 is 21.7 Å². The number of carbonyl (C=O) groups is 7. The predicted octanol–water partition coefficient (Wildman–Crippen LogP) is 6.94. The minimum atomic E-state index is -0.958. The highest BCUT2D eigenvalue weighted by Gasteiger charge is 2.28. The summed E-state index contributed by atoms with van der Waals surface area (Å²) in [6.45, 7) is 27.9. The van der Waals surface area contributed by atoms with Gasteiger partial charge in [-0.1, -0.05) is 29.6 Å². The molecule has 4 saturated heterocycles. The molecular weight excluding hydrogens is 1460 g/mol. The fraction of sp³-hybridized carbons (Fsp3) is 0.479. The number of likely N-dealkylation sites (tertiary alicyclic amines) is 1. The van der Waals surface area contributed by atoms with E-state index in [2.05, 4.69) is 97.2 Å².